The number of anilines is 1. The predicted molar refractivity (Wildman–Crippen MR) is 117 cm³/mol. The fraction of sp³-hybridized carbons (Fsp3) is 0.227. The van der Waals surface area contributed by atoms with Crippen molar-refractivity contribution < 1.29 is 4.74 Å². The van der Waals surface area contributed by atoms with Gasteiger partial charge >= 0.3 is 0 Å². The van der Waals surface area contributed by atoms with Crippen LogP contribution in [0.2, 0.25) is 10.0 Å². The Hall–Kier alpha value is -2.31. The molecule has 5 nitrogen and oxygen atoms in total. The Labute approximate surface area is 180 Å². The number of hydrogen-bond donors (Lipinski definition) is 1. The van der Waals surface area contributed by atoms with Crippen LogP contribution in [0.15, 0.2) is 72.6 Å². The molecule has 3 aromatic rings. The molecule has 1 aliphatic heterocycles. The van der Waals surface area contributed by atoms with Crippen LogP contribution in [0, 0.1) is 0 Å². The maximum absolute atomic E-state index is 6.39. The van der Waals surface area contributed by atoms with E-state index >= 15 is 0 Å². The summed E-state index contributed by atoms with van der Waals surface area (Å²) in [5, 5.41) is 7.88. The van der Waals surface area contributed by atoms with Gasteiger partial charge in [-0.15, -0.1) is 0 Å². The van der Waals surface area contributed by atoms with Crippen LogP contribution >= 0.6 is 23.2 Å². The van der Waals surface area contributed by atoms with E-state index in [0.717, 1.165) is 28.9 Å². The van der Waals surface area contributed by atoms with Crippen molar-refractivity contribution in [1.29, 1.82) is 0 Å². The number of nitrogens with zero attached hydrogens (tertiary/aromatic N) is 3. The summed E-state index contributed by atoms with van der Waals surface area (Å²) in [5.41, 5.74) is 7.54. The summed E-state index contributed by atoms with van der Waals surface area (Å²) >= 11 is 12.6. The molecular weight excluding hydrogens is 407 g/mol. The Morgan fingerprint density at radius 3 is 2.48 bits per heavy atom. The van der Waals surface area contributed by atoms with Crippen molar-refractivity contribution in [2.24, 2.45) is 7.05 Å². The topological polar surface area (TPSA) is 42.3 Å². The van der Waals surface area contributed by atoms with Crippen LogP contribution in [-0.4, -0.2) is 22.4 Å². The molecular formula is C22H22Cl2N4O. The molecule has 0 spiro atoms. The Balaban J connectivity index is 1.49. The van der Waals surface area contributed by atoms with Crippen LogP contribution in [0.25, 0.3) is 0 Å². The molecule has 0 radical (unpaired) electrons. The molecule has 0 saturated heterocycles. The molecule has 1 atom stereocenters. The van der Waals surface area contributed by atoms with Crippen LogP contribution in [0.3, 0.4) is 0 Å². The van der Waals surface area contributed by atoms with Crippen LogP contribution in [0.5, 0.6) is 0 Å². The minimum absolute atomic E-state index is 0.0624. The van der Waals surface area contributed by atoms with Gasteiger partial charge in [-0.25, -0.2) is 5.43 Å². The van der Waals surface area contributed by atoms with Crippen molar-refractivity contribution in [3.8, 4) is 0 Å². The summed E-state index contributed by atoms with van der Waals surface area (Å²) in [7, 11) is 1.92. The molecule has 150 valence electrons. The van der Waals surface area contributed by atoms with Gasteiger partial charge in [0.25, 0.3) is 0 Å². The van der Waals surface area contributed by atoms with Gasteiger partial charge < -0.3 is 4.74 Å². The predicted octanol–water partition coefficient (Wildman–Crippen LogP) is 4.76. The number of rotatable bonds is 7. The van der Waals surface area contributed by atoms with Crippen LogP contribution in [0.4, 0.5) is 5.69 Å². The minimum atomic E-state index is 0.0624. The number of para-hydroxylation sites is 1. The second-order valence-corrected chi connectivity index (χ2v) is 7.79. The zero-order valence-corrected chi connectivity index (χ0v) is 17.6. The first-order valence-electron chi connectivity index (χ1n) is 9.40. The molecule has 2 aromatic carbocycles. The summed E-state index contributed by atoms with van der Waals surface area (Å²) in [5.74, 6) is 0. The second-order valence-electron chi connectivity index (χ2n) is 6.98. The molecule has 29 heavy (non-hydrogen) atoms. The van der Waals surface area contributed by atoms with Gasteiger partial charge in [-0.1, -0.05) is 53.5 Å². The van der Waals surface area contributed by atoms with E-state index in [4.69, 9.17) is 27.9 Å². The number of hydrogen-bond acceptors (Lipinski definition) is 4. The number of aryl methyl sites for hydroxylation is 1. The van der Waals surface area contributed by atoms with Crippen molar-refractivity contribution in [2.45, 2.75) is 19.1 Å². The van der Waals surface area contributed by atoms with E-state index in [1.807, 2.05) is 77.5 Å². The number of halogens is 2. The van der Waals surface area contributed by atoms with Crippen LogP contribution in [0.1, 0.15) is 11.3 Å². The molecule has 0 amide bonds. The van der Waals surface area contributed by atoms with Crippen molar-refractivity contribution in [1.82, 2.24) is 15.2 Å². The van der Waals surface area contributed by atoms with Gasteiger partial charge in [0.1, 0.15) is 0 Å². The average Bonchev–Trinajstić information content (AvgIpc) is 3.30. The number of hydrazine groups is 1. The molecule has 0 aliphatic carbocycles. The lowest BCUT2D eigenvalue weighted by molar-refractivity contribution is 0.139. The zero-order chi connectivity index (χ0) is 20.2. The van der Waals surface area contributed by atoms with E-state index in [2.05, 4.69) is 16.7 Å². The monoisotopic (exact) mass is 428 g/mol. The first-order valence-corrected chi connectivity index (χ1v) is 10.2. The smallest absolute Gasteiger partial charge is 0.0757 e. The summed E-state index contributed by atoms with van der Waals surface area (Å²) in [6, 6.07) is 17.6. The molecule has 7 heteroatoms. The van der Waals surface area contributed by atoms with E-state index < -0.39 is 0 Å². The third-order valence-corrected chi connectivity index (χ3v) is 5.50. The lowest BCUT2D eigenvalue weighted by Gasteiger charge is -2.21. The first kappa shape index (κ1) is 20.0. The molecule has 1 aromatic heterocycles. The van der Waals surface area contributed by atoms with Crippen molar-refractivity contribution in [3.05, 3.63) is 93.9 Å². The second kappa shape index (κ2) is 9.01. The molecule has 0 fully saturated rings. The van der Waals surface area contributed by atoms with E-state index in [0.29, 0.717) is 23.3 Å². The number of nitrogens with one attached hydrogen (secondary N) is 1. The van der Waals surface area contributed by atoms with Gasteiger partial charge in [-0.3, -0.25) is 9.69 Å². The SMILES string of the molecule is Cn1ccc(CC2NN(c3ccccc3Cl)C=C2COCc2ccccc2Cl)n1. The molecule has 1 N–H and O–H groups in total. The average molecular weight is 429 g/mol. The molecule has 0 bridgehead atoms. The van der Waals surface area contributed by atoms with E-state index in [1.54, 1.807) is 0 Å². The Kier molecular flexibility index (Phi) is 6.21. The van der Waals surface area contributed by atoms with Gasteiger partial charge in [0.2, 0.25) is 0 Å². The molecule has 2 heterocycles. The highest BCUT2D eigenvalue weighted by Gasteiger charge is 2.26. The molecule has 0 saturated carbocycles. The van der Waals surface area contributed by atoms with Crippen molar-refractivity contribution >= 4 is 28.9 Å². The summed E-state index contributed by atoms with van der Waals surface area (Å²) in [4.78, 5) is 0. The van der Waals surface area contributed by atoms with E-state index in [9.17, 15) is 0 Å². The Morgan fingerprint density at radius 2 is 1.76 bits per heavy atom. The maximum atomic E-state index is 6.39. The standard InChI is InChI=1S/C22H22Cl2N4O/c1-27-11-10-18(25-27)12-21-17(15-29-14-16-6-2-3-7-19(16)23)13-28(26-21)22-9-5-4-8-20(22)24/h2-11,13,21,26H,12,14-15H2,1H3. The largest absolute Gasteiger partial charge is 0.372 e. The lowest BCUT2D eigenvalue weighted by atomic mass is 10.1. The fourth-order valence-corrected chi connectivity index (χ4v) is 3.74. The highest BCUT2D eigenvalue weighted by molar-refractivity contribution is 6.33. The normalized spacial score (nSPS) is 16.3. The van der Waals surface area contributed by atoms with Gasteiger partial charge in [-0.2, -0.15) is 5.10 Å². The lowest BCUT2D eigenvalue weighted by Crippen LogP contribution is -2.38. The van der Waals surface area contributed by atoms with Gasteiger partial charge in [0.05, 0.1) is 35.7 Å². The van der Waals surface area contributed by atoms with Crippen LogP contribution < -0.4 is 10.4 Å². The minimum Gasteiger partial charge on any atom is -0.372 e. The summed E-state index contributed by atoms with van der Waals surface area (Å²) in [6.07, 6.45) is 4.76. The Bertz CT molecular complexity index is 1020. The third-order valence-electron chi connectivity index (χ3n) is 4.82. The highest BCUT2D eigenvalue weighted by Crippen LogP contribution is 2.29. The molecule has 1 unspecified atom stereocenters. The molecule has 4 rings (SSSR count). The fourth-order valence-electron chi connectivity index (χ4n) is 3.32. The number of ether oxygens (including phenoxy) is 1. The van der Waals surface area contributed by atoms with Crippen molar-refractivity contribution in [2.75, 3.05) is 11.6 Å². The highest BCUT2D eigenvalue weighted by atomic mass is 35.5. The van der Waals surface area contributed by atoms with Crippen molar-refractivity contribution in [3.63, 3.8) is 0 Å². The number of benzene rings is 2. The van der Waals surface area contributed by atoms with E-state index in [-0.39, 0.29) is 6.04 Å². The third kappa shape index (κ3) is 4.82. The summed E-state index contributed by atoms with van der Waals surface area (Å²) in [6.45, 7) is 0.941. The van der Waals surface area contributed by atoms with Gasteiger partial charge in [-0.05, 0) is 35.4 Å². The van der Waals surface area contributed by atoms with Gasteiger partial charge in [0.15, 0.2) is 0 Å². The Morgan fingerprint density at radius 1 is 1.00 bits per heavy atom. The number of aromatic nitrogens is 2. The summed E-state index contributed by atoms with van der Waals surface area (Å²) < 4.78 is 7.81. The van der Waals surface area contributed by atoms with Gasteiger partial charge in [0, 0.05) is 30.9 Å². The maximum Gasteiger partial charge on any atom is 0.0757 e. The molecule has 1 aliphatic rings. The quantitative estimate of drug-likeness (QED) is 0.588. The van der Waals surface area contributed by atoms with Crippen LogP contribution in [-0.2, 0) is 24.8 Å². The zero-order valence-electron chi connectivity index (χ0n) is 16.1. The first-order chi connectivity index (χ1) is 14.1. The van der Waals surface area contributed by atoms with E-state index in [1.165, 1.54) is 0 Å².